The predicted molar refractivity (Wildman–Crippen MR) is 41.4 cm³/mol. The molecule has 0 aromatic carbocycles. The molecular weight excluding hydrogens is 143 g/mol. The van der Waals surface area contributed by atoms with Gasteiger partial charge in [0.1, 0.15) is 0 Å². The van der Waals surface area contributed by atoms with Gasteiger partial charge >= 0.3 is 0 Å². The largest absolute Gasteiger partial charge is 0.322 e. The number of hydrogen-bond acceptors (Lipinski definition) is 2. The van der Waals surface area contributed by atoms with Gasteiger partial charge in [0.25, 0.3) is 0 Å². The maximum Gasteiger partial charge on any atom is 0.212 e. The van der Waals surface area contributed by atoms with Crippen molar-refractivity contribution in [2.24, 2.45) is 5.73 Å². The first-order chi connectivity index (χ1) is 5.00. The molecular formula is C8H11FN2. The lowest BCUT2D eigenvalue weighted by Crippen LogP contribution is -2.28. The summed E-state index contributed by atoms with van der Waals surface area (Å²) < 4.78 is 12.3. The van der Waals surface area contributed by atoms with E-state index in [1.54, 1.807) is 6.07 Å². The maximum atomic E-state index is 12.3. The molecule has 0 aliphatic rings. The highest BCUT2D eigenvalue weighted by molar-refractivity contribution is 5.17. The molecule has 1 heterocycles. The lowest BCUT2D eigenvalue weighted by molar-refractivity contribution is 0.538. The minimum atomic E-state index is -0.474. The van der Waals surface area contributed by atoms with E-state index >= 15 is 0 Å². The topological polar surface area (TPSA) is 38.9 Å². The van der Waals surface area contributed by atoms with Crippen LogP contribution in [0.1, 0.15) is 19.4 Å². The normalized spacial score (nSPS) is 11.6. The van der Waals surface area contributed by atoms with Crippen LogP contribution in [0.2, 0.25) is 0 Å². The fourth-order valence-corrected chi connectivity index (χ4v) is 0.757. The Kier molecular flexibility index (Phi) is 1.91. The molecule has 0 fully saturated rings. The molecule has 0 spiro atoms. The quantitative estimate of drug-likeness (QED) is 0.621. The second-order valence-corrected chi connectivity index (χ2v) is 3.09. The minimum Gasteiger partial charge on any atom is -0.322 e. The Morgan fingerprint density at radius 2 is 2.09 bits per heavy atom. The van der Waals surface area contributed by atoms with Gasteiger partial charge in [-0.1, -0.05) is 6.07 Å². The molecule has 0 saturated heterocycles. The van der Waals surface area contributed by atoms with Gasteiger partial charge in [-0.15, -0.1) is 0 Å². The summed E-state index contributed by atoms with van der Waals surface area (Å²) in [6.07, 6.45) is 1.45. The van der Waals surface area contributed by atoms with E-state index in [4.69, 9.17) is 5.73 Å². The Bertz CT molecular complexity index is 235. The monoisotopic (exact) mass is 154 g/mol. The van der Waals surface area contributed by atoms with Crippen LogP contribution in [-0.2, 0) is 5.54 Å². The van der Waals surface area contributed by atoms with Gasteiger partial charge in [0, 0.05) is 11.7 Å². The van der Waals surface area contributed by atoms with Crippen molar-refractivity contribution in [1.82, 2.24) is 4.98 Å². The number of halogens is 1. The van der Waals surface area contributed by atoms with Crippen molar-refractivity contribution in [3.05, 3.63) is 29.8 Å². The first-order valence-corrected chi connectivity index (χ1v) is 3.41. The van der Waals surface area contributed by atoms with Crippen molar-refractivity contribution < 1.29 is 4.39 Å². The Morgan fingerprint density at radius 1 is 1.45 bits per heavy atom. The Hall–Kier alpha value is -0.960. The highest BCUT2D eigenvalue weighted by Crippen LogP contribution is 2.14. The smallest absolute Gasteiger partial charge is 0.212 e. The molecule has 1 aromatic heterocycles. The summed E-state index contributed by atoms with van der Waals surface area (Å²) >= 11 is 0. The highest BCUT2D eigenvalue weighted by Gasteiger charge is 2.13. The van der Waals surface area contributed by atoms with Gasteiger partial charge in [-0.2, -0.15) is 4.39 Å². The van der Waals surface area contributed by atoms with Gasteiger partial charge in [0.15, 0.2) is 0 Å². The van der Waals surface area contributed by atoms with E-state index in [2.05, 4.69) is 4.98 Å². The van der Waals surface area contributed by atoms with Crippen LogP contribution in [0.25, 0.3) is 0 Å². The first kappa shape index (κ1) is 8.14. The van der Waals surface area contributed by atoms with E-state index in [-0.39, 0.29) is 0 Å². The summed E-state index contributed by atoms with van der Waals surface area (Å²) in [5, 5.41) is 0. The van der Waals surface area contributed by atoms with Gasteiger partial charge < -0.3 is 5.73 Å². The van der Waals surface area contributed by atoms with Crippen molar-refractivity contribution in [2.45, 2.75) is 19.4 Å². The number of nitrogens with zero attached hydrogens (tertiary/aromatic N) is 1. The molecule has 3 heteroatoms. The molecule has 0 aliphatic heterocycles. The summed E-state index contributed by atoms with van der Waals surface area (Å²) in [5.41, 5.74) is 6.13. The SMILES string of the molecule is CC(C)(N)c1ccc(F)nc1. The van der Waals surface area contributed by atoms with E-state index in [9.17, 15) is 4.39 Å². The molecule has 0 aliphatic carbocycles. The molecule has 60 valence electrons. The van der Waals surface area contributed by atoms with Crippen molar-refractivity contribution >= 4 is 0 Å². The zero-order valence-electron chi connectivity index (χ0n) is 6.63. The highest BCUT2D eigenvalue weighted by atomic mass is 19.1. The number of hydrogen-bond donors (Lipinski definition) is 1. The fraction of sp³-hybridized carbons (Fsp3) is 0.375. The van der Waals surface area contributed by atoms with Crippen molar-refractivity contribution in [3.63, 3.8) is 0 Å². The molecule has 0 saturated carbocycles. The van der Waals surface area contributed by atoms with Crippen LogP contribution >= 0.6 is 0 Å². The van der Waals surface area contributed by atoms with Crippen LogP contribution in [0.5, 0.6) is 0 Å². The average Bonchev–Trinajstić information content (AvgIpc) is 1.86. The summed E-state index contributed by atoms with van der Waals surface area (Å²) in [5.74, 6) is -0.474. The molecule has 11 heavy (non-hydrogen) atoms. The van der Waals surface area contributed by atoms with Crippen LogP contribution in [0.3, 0.4) is 0 Å². The van der Waals surface area contributed by atoms with E-state index in [0.717, 1.165) is 5.56 Å². The number of pyridine rings is 1. The average molecular weight is 154 g/mol. The number of nitrogens with two attached hydrogens (primary N) is 1. The van der Waals surface area contributed by atoms with Crippen molar-refractivity contribution in [3.8, 4) is 0 Å². The van der Waals surface area contributed by atoms with E-state index in [0.29, 0.717) is 0 Å². The van der Waals surface area contributed by atoms with Gasteiger partial charge in [-0.3, -0.25) is 0 Å². The van der Waals surface area contributed by atoms with Crippen molar-refractivity contribution in [2.75, 3.05) is 0 Å². The van der Waals surface area contributed by atoms with Crippen LogP contribution < -0.4 is 5.73 Å². The Labute approximate surface area is 65.3 Å². The lowest BCUT2D eigenvalue weighted by atomic mass is 9.98. The molecule has 2 nitrogen and oxygen atoms in total. The standard InChI is InChI=1S/C8H11FN2/c1-8(2,10)6-3-4-7(9)11-5-6/h3-5H,10H2,1-2H3. The maximum absolute atomic E-state index is 12.3. The lowest BCUT2D eigenvalue weighted by Gasteiger charge is -2.17. The van der Waals surface area contributed by atoms with Crippen LogP contribution in [0.15, 0.2) is 18.3 Å². The summed E-state index contributed by atoms with van der Waals surface area (Å²) in [4.78, 5) is 3.50. The second kappa shape index (κ2) is 2.58. The second-order valence-electron chi connectivity index (χ2n) is 3.09. The van der Waals surface area contributed by atoms with Crippen LogP contribution in [-0.4, -0.2) is 4.98 Å². The zero-order chi connectivity index (χ0) is 8.48. The Morgan fingerprint density at radius 3 is 2.45 bits per heavy atom. The van der Waals surface area contributed by atoms with E-state index in [1.807, 2.05) is 13.8 Å². The molecule has 1 rings (SSSR count). The summed E-state index contributed by atoms with van der Waals surface area (Å²) in [6.45, 7) is 3.70. The van der Waals surface area contributed by atoms with Crippen LogP contribution in [0.4, 0.5) is 4.39 Å². The third-order valence-electron chi connectivity index (χ3n) is 1.47. The number of aromatic nitrogens is 1. The predicted octanol–water partition coefficient (Wildman–Crippen LogP) is 1.41. The molecule has 2 N–H and O–H groups in total. The van der Waals surface area contributed by atoms with E-state index < -0.39 is 11.5 Å². The molecule has 0 bridgehead atoms. The first-order valence-electron chi connectivity index (χ1n) is 3.41. The molecule has 1 aromatic rings. The van der Waals surface area contributed by atoms with Gasteiger partial charge in [-0.25, -0.2) is 4.98 Å². The minimum absolute atomic E-state index is 0.444. The summed E-state index contributed by atoms with van der Waals surface area (Å²) in [7, 11) is 0. The molecule has 0 atom stereocenters. The van der Waals surface area contributed by atoms with Gasteiger partial charge in [0.2, 0.25) is 5.95 Å². The molecule has 0 radical (unpaired) electrons. The summed E-state index contributed by atoms with van der Waals surface area (Å²) in [6, 6.07) is 2.95. The zero-order valence-corrected chi connectivity index (χ0v) is 6.63. The number of rotatable bonds is 1. The fourth-order valence-electron chi connectivity index (χ4n) is 0.757. The molecule has 0 amide bonds. The van der Waals surface area contributed by atoms with Gasteiger partial charge in [0.05, 0.1) is 0 Å². The van der Waals surface area contributed by atoms with Gasteiger partial charge in [-0.05, 0) is 25.5 Å². The third-order valence-corrected chi connectivity index (χ3v) is 1.47. The Balaban J connectivity index is 2.99. The third kappa shape index (κ3) is 1.98. The van der Waals surface area contributed by atoms with Crippen LogP contribution in [0, 0.1) is 5.95 Å². The van der Waals surface area contributed by atoms with Crippen molar-refractivity contribution in [1.29, 1.82) is 0 Å². The van der Waals surface area contributed by atoms with E-state index in [1.165, 1.54) is 12.3 Å². The molecule has 0 unspecified atom stereocenters.